The van der Waals surface area contributed by atoms with E-state index in [4.69, 9.17) is 0 Å². The lowest BCUT2D eigenvalue weighted by Crippen LogP contribution is -2.36. The van der Waals surface area contributed by atoms with Crippen LogP contribution in [0.2, 0.25) is 0 Å². The first-order valence-corrected chi connectivity index (χ1v) is 9.92. The number of imidazole rings is 1. The summed E-state index contributed by atoms with van der Waals surface area (Å²) in [6.45, 7) is 15.9. The normalized spacial score (nSPS) is 18.2. The Hall–Kier alpha value is -1.81. The molecule has 1 aliphatic rings. The number of nitrogens with one attached hydrogen (secondary N) is 1. The lowest BCUT2D eigenvalue weighted by Gasteiger charge is -2.27. The molecule has 142 valence electrons. The molecule has 1 aliphatic heterocycles. The third-order valence-electron chi connectivity index (χ3n) is 5.78. The van der Waals surface area contributed by atoms with E-state index >= 15 is 0 Å². The van der Waals surface area contributed by atoms with Gasteiger partial charge in [0.25, 0.3) is 0 Å². The molecule has 1 N–H and O–H groups in total. The van der Waals surface area contributed by atoms with Crippen LogP contribution in [-0.4, -0.2) is 27.0 Å². The van der Waals surface area contributed by atoms with Gasteiger partial charge in [-0.2, -0.15) is 0 Å². The average Bonchev–Trinajstić information content (AvgIpc) is 2.80. The minimum Gasteiger partial charge on any atom is -0.306 e. The largest absolute Gasteiger partial charge is 0.326 e. The molecule has 0 aliphatic carbocycles. The van der Waals surface area contributed by atoms with Gasteiger partial charge < -0.3 is 4.98 Å². The van der Waals surface area contributed by atoms with Gasteiger partial charge in [-0.25, -0.2) is 4.79 Å². The van der Waals surface area contributed by atoms with Gasteiger partial charge >= 0.3 is 5.69 Å². The predicted molar refractivity (Wildman–Crippen MR) is 110 cm³/mol. The summed E-state index contributed by atoms with van der Waals surface area (Å²) in [5.41, 5.74) is 6.19. The van der Waals surface area contributed by atoms with Crippen LogP contribution in [-0.2, 0) is 18.5 Å². The third kappa shape index (κ3) is 3.52. The summed E-state index contributed by atoms with van der Waals surface area (Å²) in [5.74, 6) is 0. The first kappa shape index (κ1) is 19.0. The molecule has 0 bridgehead atoms. The Bertz CT molecular complexity index is 873. The molecule has 2 heterocycles. The van der Waals surface area contributed by atoms with Crippen LogP contribution in [0, 0.1) is 0 Å². The number of hydrogen-bond acceptors (Lipinski definition) is 2. The maximum Gasteiger partial charge on any atom is 0.326 e. The topological polar surface area (TPSA) is 41.0 Å². The molecule has 0 amide bonds. The van der Waals surface area contributed by atoms with E-state index in [9.17, 15) is 4.79 Å². The van der Waals surface area contributed by atoms with E-state index in [1.165, 1.54) is 16.7 Å². The van der Waals surface area contributed by atoms with Gasteiger partial charge in [0.05, 0.1) is 11.0 Å². The molecule has 0 fully saturated rings. The van der Waals surface area contributed by atoms with Crippen LogP contribution in [0.5, 0.6) is 0 Å². The SMILES string of the molecule is CCC(=CCN1Cc2cc(C(C)(C)C)cc3[nH]c(=O)n(c23)C[C@@H]1C)CC. The van der Waals surface area contributed by atoms with Gasteiger partial charge in [-0.1, -0.05) is 52.3 Å². The first-order valence-electron chi connectivity index (χ1n) is 9.92. The van der Waals surface area contributed by atoms with E-state index in [1.807, 2.05) is 4.57 Å². The molecule has 1 atom stereocenters. The number of aromatic amines is 1. The average molecular weight is 356 g/mol. The van der Waals surface area contributed by atoms with E-state index in [0.717, 1.165) is 43.5 Å². The fraction of sp³-hybridized carbons (Fsp3) is 0.591. The summed E-state index contributed by atoms with van der Waals surface area (Å²) < 4.78 is 1.94. The third-order valence-corrected chi connectivity index (χ3v) is 5.78. The van der Waals surface area contributed by atoms with Crippen molar-refractivity contribution < 1.29 is 0 Å². The molecule has 4 heteroatoms. The van der Waals surface area contributed by atoms with Crippen molar-refractivity contribution in [2.24, 2.45) is 0 Å². The van der Waals surface area contributed by atoms with Crippen LogP contribution < -0.4 is 5.69 Å². The minimum atomic E-state index is 0.0133. The van der Waals surface area contributed by atoms with Gasteiger partial charge in [0.2, 0.25) is 0 Å². The van der Waals surface area contributed by atoms with Crippen LogP contribution in [0.3, 0.4) is 0 Å². The summed E-state index contributed by atoms with van der Waals surface area (Å²) in [6.07, 6.45) is 4.61. The summed E-state index contributed by atoms with van der Waals surface area (Å²) in [7, 11) is 0. The Morgan fingerprint density at radius 1 is 1.27 bits per heavy atom. The molecule has 3 rings (SSSR count). The van der Waals surface area contributed by atoms with Crippen molar-refractivity contribution in [3.63, 3.8) is 0 Å². The number of H-pyrrole nitrogens is 1. The lowest BCUT2D eigenvalue weighted by atomic mass is 9.85. The van der Waals surface area contributed by atoms with Crippen molar-refractivity contribution in [2.75, 3.05) is 6.54 Å². The standard InChI is InChI=1S/C22H33N3O/c1-7-16(8-2)9-10-24-14-17-11-18(22(4,5)6)12-19-20(17)25(13-15(24)3)21(26)23-19/h9,11-12,15H,7-8,10,13-14H2,1-6H3,(H,23,26)/t15-/m0/s1. The molecular weight excluding hydrogens is 322 g/mol. The van der Waals surface area contributed by atoms with E-state index in [0.29, 0.717) is 6.04 Å². The Morgan fingerprint density at radius 2 is 1.96 bits per heavy atom. The molecule has 0 unspecified atom stereocenters. The lowest BCUT2D eigenvalue weighted by molar-refractivity contribution is 0.209. The quantitative estimate of drug-likeness (QED) is 0.816. The molecule has 4 nitrogen and oxygen atoms in total. The number of benzene rings is 1. The summed E-state index contributed by atoms with van der Waals surface area (Å²) >= 11 is 0. The zero-order valence-corrected chi connectivity index (χ0v) is 17.1. The molecule has 1 aromatic carbocycles. The number of aromatic nitrogens is 2. The zero-order valence-electron chi connectivity index (χ0n) is 17.1. The van der Waals surface area contributed by atoms with Crippen molar-refractivity contribution in [3.8, 4) is 0 Å². The van der Waals surface area contributed by atoms with Gasteiger partial charge in [-0.05, 0) is 42.4 Å². The smallest absolute Gasteiger partial charge is 0.306 e. The van der Waals surface area contributed by atoms with Crippen molar-refractivity contribution in [2.45, 2.75) is 78.9 Å². The van der Waals surface area contributed by atoms with Crippen LogP contribution in [0.25, 0.3) is 11.0 Å². The molecule has 2 aromatic rings. The number of allylic oxidation sites excluding steroid dienone is 1. The Kier molecular flexibility index (Phi) is 5.16. The monoisotopic (exact) mass is 355 g/mol. The molecule has 0 saturated carbocycles. The fourth-order valence-corrected chi connectivity index (χ4v) is 3.90. The molecule has 26 heavy (non-hydrogen) atoms. The van der Waals surface area contributed by atoms with Crippen molar-refractivity contribution in [1.29, 1.82) is 0 Å². The highest BCUT2D eigenvalue weighted by Gasteiger charge is 2.26. The van der Waals surface area contributed by atoms with E-state index < -0.39 is 0 Å². The van der Waals surface area contributed by atoms with Crippen molar-refractivity contribution in [1.82, 2.24) is 14.5 Å². The summed E-state index contributed by atoms with van der Waals surface area (Å²) in [5, 5.41) is 0. The van der Waals surface area contributed by atoms with E-state index in [-0.39, 0.29) is 11.1 Å². The highest BCUT2D eigenvalue weighted by molar-refractivity contribution is 5.80. The molecule has 0 saturated heterocycles. The number of rotatable bonds is 4. The number of hydrogen-bond donors (Lipinski definition) is 1. The second kappa shape index (κ2) is 7.07. The van der Waals surface area contributed by atoms with Gasteiger partial charge in [-0.15, -0.1) is 0 Å². The molecule has 1 aromatic heterocycles. The fourth-order valence-electron chi connectivity index (χ4n) is 3.90. The summed E-state index contributed by atoms with van der Waals surface area (Å²) in [6, 6.07) is 4.79. The number of nitrogens with zero attached hydrogens (tertiary/aromatic N) is 2. The van der Waals surface area contributed by atoms with E-state index in [2.05, 4.69) is 69.6 Å². The molecule has 0 radical (unpaired) electrons. The van der Waals surface area contributed by atoms with Gasteiger partial charge in [0.1, 0.15) is 0 Å². The zero-order chi connectivity index (χ0) is 19.1. The van der Waals surface area contributed by atoms with Crippen LogP contribution >= 0.6 is 0 Å². The second-order valence-corrected chi connectivity index (χ2v) is 8.67. The van der Waals surface area contributed by atoms with Gasteiger partial charge in [0.15, 0.2) is 0 Å². The Labute approximate surface area is 156 Å². The highest BCUT2D eigenvalue weighted by atomic mass is 16.1. The maximum absolute atomic E-state index is 12.6. The van der Waals surface area contributed by atoms with Crippen LogP contribution in [0.4, 0.5) is 0 Å². The molecular formula is C22H33N3O. The van der Waals surface area contributed by atoms with Crippen LogP contribution in [0.15, 0.2) is 28.6 Å². The summed E-state index contributed by atoms with van der Waals surface area (Å²) in [4.78, 5) is 18.1. The minimum absolute atomic E-state index is 0.0133. The van der Waals surface area contributed by atoms with Crippen molar-refractivity contribution in [3.05, 3.63) is 45.4 Å². The second-order valence-electron chi connectivity index (χ2n) is 8.67. The van der Waals surface area contributed by atoms with Gasteiger partial charge in [-0.3, -0.25) is 9.47 Å². The van der Waals surface area contributed by atoms with E-state index in [1.54, 1.807) is 0 Å². The first-order chi connectivity index (χ1) is 12.2. The molecule has 0 spiro atoms. The van der Waals surface area contributed by atoms with Crippen molar-refractivity contribution >= 4 is 11.0 Å². The predicted octanol–water partition coefficient (Wildman–Crippen LogP) is 4.58. The highest BCUT2D eigenvalue weighted by Crippen LogP contribution is 2.30. The maximum atomic E-state index is 12.6. The van der Waals surface area contributed by atoms with Crippen LogP contribution in [0.1, 0.15) is 65.5 Å². The Morgan fingerprint density at radius 3 is 2.58 bits per heavy atom. The Balaban J connectivity index is 2.06. The van der Waals surface area contributed by atoms with Gasteiger partial charge in [0, 0.05) is 25.7 Å².